The van der Waals surface area contributed by atoms with Crippen molar-refractivity contribution < 1.29 is 35.8 Å². The minimum absolute atomic E-state index is 0.00146. The topological polar surface area (TPSA) is 18.5 Å². The monoisotopic (exact) mass is 288 g/mol. The van der Waals surface area contributed by atoms with Gasteiger partial charge in [-0.3, -0.25) is 0 Å². The first-order valence-electron chi connectivity index (χ1n) is 5.25. The lowest BCUT2D eigenvalue weighted by Gasteiger charge is -2.15. The second-order valence-electron chi connectivity index (χ2n) is 3.62. The van der Waals surface area contributed by atoms with Crippen molar-refractivity contribution in [1.29, 1.82) is 0 Å². The molecule has 0 bridgehead atoms. The van der Waals surface area contributed by atoms with Gasteiger partial charge in [0.25, 0.3) is 0 Å². The van der Waals surface area contributed by atoms with Crippen molar-refractivity contribution in [3.63, 3.8) is 0 Å². The first-order valence-corrected chi connectivity index (χ1v) is 5.25. The molecule has 0 aliphatic carbocycles. The van der Waals surface area contributed by atoms with Crippen LogP contribution in [0.3, 0.4) is 0 Å². The molecule has 0 aromatic heterocycles. The Hall–Kier alpha value is -1.60. The molecule has 1 rings (SSSR count). The van der Waals surface area contributed by atoms with Gasteiger partial charge in [0.05, 0.1) is 0 Å². The molecule has 0 amide bonds. The van der Waals surface area contributed by atoms with Crippen molar-refractivity contribution in [2.45, 2.75) is 32.5 Å². The van der Waals surface area contributed by atoms with Gasteiger partial charge in [0.1, 0.15) is 11.5 Å². The smallest absolute Gasteiger partial charge is 0.406 e. The van der Waals surface area contributed by atoms with E-state index >= 15 is 0 Å². The van der Waals surface area contributed by atoms with E-state index < -0.39 is 24.2 Å². The fourth-order valence-corrected chi connectivity index (χ4v) is 1.44. The molecule has 0 spiro atoms. The number of benzene rings is 1. The van der Waals surface area contributed by atoms with Crippen molar-refractivity contribution in [3.05, 3.63) is 23.8 Å². The Kier molecular flexibility index (Phi) is 4.54. The van der Waals surface area contributed by atoms with Crippen LogP contribution in [0.25, 0.3) is 0 Å². The molecule has 2 nitrogen and oxygen atoms in total. The summed E-state index contributed by atoms with van der Waals surface area (Å²) in [7, 11) is 0. The molecular weight excluding hydrogens is 278 g/mol. The predicted octanol–water partition coefficient (Wildman–Crippen LogP) is 4.44. The van der Waals surface area contributed by atoms with Gasteiger partial charge in [0.15, 0.2) is 0 Å². The highest BCUT2D eigenvalue weighted by atomic mass is 19.4. The van der Waals surface area contributed by atoms with Crippen LogP contribution in [0, 0.1) is 0 Å². The standard InChI is InChI=1S/C11H10F6O2/c1-2-3-7-6-8(18-10(12,13)14)4-5-9(7)19-11(15,16)17/h4-6H,2-3H2,1H3. The fraction of sp³-hybridized carbons (Fsp3) is 0.455. The molecule has 19 heavy (non-hydrogen) atoms. The average Bonchev–Trinajstić information content (AvgIpc) is 2.18. The van der Waals surface area contributed by atoms with E-state index in [1.807, 2.05) is 0 Å². The molecule has 1 aromatic rings. The maximum Gasteiger partial charge on any atom is 0.573 e. The summed E-state index contributed by atoms with van der Waals surface area (Å²) >= 11 is 0. The zero-order chi connectivity index (χ0) is 14.7. The van der Waals surface area contributed by atoms with E-state index in [0.29, 0.717) is 6.42 Å². The quantitative estimate of drug-likeness (QED) is 0.763. The maximum absolute atomic E-state index is 12.1. The Labute approximate surface area is 104 Å². The average molecular weight is 288 g/mol. The SMILES string of the molecule is CCCc1cc(OC(F)(F)F)ccc1OC(F)(F)F. The molecule has 8 heteroatoms. The zero-order valence-electron chi connectivity index (χ0n) is 9.73. The summed E-state index contributed by atoms with van der Waals surface area (Å²) in [6.45, 7) is 1.68. The van der Waals surface area contributed by atoms with Crippen LogP contribution in [0.5, 0.6) is 11.5 Å². The van der Waals surface area contributed by atoms with Crippen LogP contribution in [0.2, 0.25) is 0 Å². The third-order valence-corrected chi connectivity index (χ3v) is 2.01. The molecule has 0 saturated heterocycles. The first-order chi connectivity index (χ1) is 8.61. The number of aryl methyl sites for hydroxylation is 1. The number of rotatable bonds is 4. The van der Waals surface area contributed by atoms with Crippen molar-refractivity contribution >= 4 is 0 Å². The number of ether oxygens (including phenoxy) is 2. The largest absolute Gasteiger partial charge is 0.573 e. The molecule has 1 aromatic carbocycles. The number of halogens is 6. The van der Waals surface area contributed by atoms with Crippen LogP contribution < -0.4 is 9.47 Å². The Morgan fingerprint density at radius 1 is 0.947 bits per heavy atom. The Bertz CT molecular complexity index is 424. The van der Waals surface area contributed by atoms with E-state index in [-0.39, 0.29) is 12.0 Å². The summed E-state index contributed by atoms with van der Waals surface area (Å²) in [5, 5.41) is 0. The molecule has 0 aliphatic heterocycles. The van der Waals surface area contributed by atoms with Crippen LogP contribution >= 0.6 is 0 Å². The summed E-state index contributed by atoms with van der Waals surface area (Å²) in [5.74, 6) is -1.10. The molecule has 108 valence electrons. The van der Waals surface area contributed by atoms with Crippen molar-refractivity contribution in [2.75, 3.05) is 0 Å². The third kappa shape index (κ3) is 5.71. The zero-order valence-corrected chi connectivity index (χ0v) is 9.73. The van der Waals surface area contributed by atoms with Crippen LogP contribution in [0.1, 0.15) is 18.9 Å². The molecule has 0 unspecified atom stereocenters. The minimum atomic E-state index is -4.89. The highest BCUT2D eigenvalue weighted by Crippen LogP contribution is 2.32. The molecule has 0 radical (unpaired) electrons. The van der Waals surface area contributed by atoms with Crippen molar-refractivity contribution in [2.24, 2.45) is 0 Å². The van der Waals surface area contributed by atoms with Gasteiger partial charge in [-0.25, -0.2) is 0 Å². The fourth-order valence-electron chi connectivity index (χ4n) is 1.44. The highest BCUT2D eigenvalue weighted by Gasteiger charge is 2.33. The predicted molar refractivity (Wildman–Crippen MR) is 53.8 cm³/mol. The Morgan fingerprint density at radius 2 is 1.53 bits per heavy atom. The molecular formula is C11H10F6O2. The molecule has 0 fully saturated rings. The highest BCUT2D eigenvalue weighted by molar-refractivity contribution is 5.40. The van der Waals surface area contributed by atoms with E-state index in [9.17, 15) is 26.3 Å². The molecule has 0 atom stereocenters. The van der Waals surface area contributed by atoms with E-state index in [1.165, 1.54) is 0 Å². The van der Waals surface area contributed by atoms with Gasteiger partial charge >= 0.3 is 12.7 Å². The van der Waals surface area contributed by atoms with Gasteiger partial charge in [-0.15, -0.1) is 26.3 Å². The first kappa shape index (κ1) is 15.5. The second-order valence-corrected chi connectivity index (χ2v) is 3.62. The van der Waals surface area contributed by atoms with E-state index in [2.05, 4.69) is 9.47 Å². The lowest BCUT2D eigenvalue weighted by atomic mass is 10.1. The second kappa shape index (κ2) is 5.58. The number of hydrogen-bond acceptors (Lipinski definition) is 2. The maximum atomic E-state index is 12.1. The summed E-state index contributed by atoms with van der Waals surface area (Å²) in [6.07, 6.45) is -9.20. The van der Waals surface area contributed by atoms with Crippen molar-refractivity contribution in [1.82, 2.24) is 0 Å². The van der Waals surface area contributed by atoms with E-state index in [4.69, 9.17) is 0 Å². The molecule has 0 heterocycles. The van der Waals surface area contributed by atoms with Crippen LogP contribution in [0.15, 0.2) is 18.2 Å². The Morgan fingerprint density at radius 3 is 2.00 bits per heavy atom. The van der Waals surface area contributed by atoms with Gasteiger partial charge in [-0.1, -0.05) is 13.3 Å². The van der Waals surface area contributed by atoms with Gasteiger partial charge in [-0.2, -0.15) is 0 Å². The third-order valence-electron chi connectivity index (χ3n) is 2.01. The Balaban J connectivity index is 3.00. The van der Waals surface area contributed by atoms with E-state index in [0.717, 1.165) is 18.2 Å². The van der Waals surface area contributed by atoms with Gasteiger partial charge in [0.2, 0.25) is 0 Å². The van der Waals surface area contributed by atoms with Gasteiger partial charge < -0.3 is 9.47 Å². The molecule has 0 aliphatic rings. The molecule has 0 saturated carbocycles. The molecule has 0 N–H and O–H groups in total. The van der Waals surface area contributed by atoms with Crippen LogP contribution in [-0.4, -0.2) is 12.7 Å². The van der Waals surface area contributed by atoms with Gasteiger partial charge in [0, 0.05) is 0 Å². The summed E-state index contributed by atoms with van der Waals surface area (Å²) in [5.41, 5.74) is 0.00146. The lowest BCUT2D eigenvalue weighted by molar-refractivity contribution is -0.277. The van der Waals surface area contributed by atoms with Crippen LogP contribution in [-0.2, 0) is 6.42 Å². The summed E-state index contributed by atoms with van der Waals surface area (Å²) in [4.78, 5) is 0. The lowest BCUT2D eigenvalue weighted by Crippen LogP contribution is -2.19. The summed E-state index contributed by atoms with van der Waals surface area (Å²) < 4.78 is 79.7. The normalized spacial score (nSPS) is 12.4. The van der Waals surface area contributed by atoms with E-state index in [1.54, 1.807) is 6.92 Å². The number of hydrogen-bond donors (Lipinski definition) is 0. The van der Waals surface area contributed by atoms with Gasteiger partial charge in [-0.05, 0) is 30.2 Å². The number of alkyl halides is 6. The minimum Gasteiger partial charge on any atom is -0.406 e. The van der Waals surface area contributed by atoms with Crippen molar-refractivity contribution in [3.8, 4) is 11.5 Å². The van der Waals surface area contributed by atoms with Crippen LogP contribution in [0.4, 0.5) is 26.3 Å². The summed E-state index contributed by atoms with van der Waals surface area (Å²) in [6, 6.07) is 2.46.